The first-order chi connectivity index (χ1) is 11.9. The molecule has 0 aromatic carbocycles. The largest absolute Gasteiger partial charge is 0.330 e. The molecule has 0 heterocycles. The zero-order chi connectivity index (χ0) is 17.1. The third-order valence-corrected chi connectivity index (χ3v) is 6.06. The van der Waals surface area contributed by atoms with Gasteiger partial charge < -0.3 is 5.73 Å². The van der Waals surface area contributed by atoms with E-state index in [1.165, 1.54) is 135 Å². The van der Waals surface area contributed by atoms with Gasteiger partial charge in [0.25, 0.3) is 0 Å². The van der Waals surface area contributed by atoms with Gasteiger partial charge in [0.15, 0.2) is 0 Å². The number of nitrogens with two attached hydrogens (primary N) is 1. The summed E-state index contributed by atoms with van der Waals surface area (Å²) >= 11 is 0. The van der Waals surface area contributed by atoms with E-state index in [2.05, 4.69) is 0 Å². The van der Waals surface area contributed by atoms with E-state index >= 15 is 0 Å². The summed E-state index contributed by atoms with van der Waals surface area (Å²) in [5.74, 6) is 0.808. The zero-order valence-electron chi connectivity index (χ0n) is 16.7. The Labute approximate surface area is 153 Å². The third kappa shape index (κ3) is 14.3. The maximum Gasteiger partial charge on any atom is -0.00489 e. The van der Waals surface area contributed by atoms with Crippen LogP contribution in [0.25, 0.3) is 0 Å². The summed E-state index contributed by atoms with van der Waals surface area (Å²) in [6.07, 6.45) is 30.6. The van der Waals surface area contributed by atoms with Crippen LogP contribution in [0, 0.1) is 5.92 Å². The predicted molar refractivity (Wildman–Crippen MR) is 110 cm³/mol. The average molecular weight is 338 g/mol. The van der Waals surface area contributed by atoms with Crippen LogP contribution in [0.15, 0.2) is 0 Å². The van der Waals surface area contributed by atoms with Crippen molar-refractivity contribution in [2.75, 3.05) is 6.54 Å². The van der Waals surface area contributed by atoms with E-state index in [0.29, 0.717) is 0 Å². The Morgan fingerprint density at radius 1 is 0.375 bits per heavy atom. The van der Waals surface area contributed by atoms with Gasteiger partial charge in [-0.3, -0.25) is 0 Å². The van der Waals surface area contributed by atoms with Gasteiger partial charge in [-0.2, -0.15) is 0 Å². The second-order valence-electron chi connectivity index (χ2n) is 8.40. The first-order valence-electron chi connectivity index (χ1n) is 11.6. The summed E-state index contributed by atoms with van der Waals surface area (Å²) in [7, 11) is 0. The van der Waals surface area contributed by atoms with E-state index in [9.17, 15) is 0 Å². The van der Waals surface area contributed by atoms with Crippen molar-refractivity contribution >= 4 is 0 Å². The van der Waals surface area contributed by atoms with Crippen LogP contribution in [0.4, 0.5) is 0 Å². The minimum atomic E-state index is 0.808. The molecule has 0 atom stereocenters. The molecule has 144 valence electrons. The lowest BCUT2D eigenvalue weighted by atomic mass is 9.94. The standard InChI is InChI=1S/C23H47N/c24-22-23-20-18-16-14-12-10-8-6-4-2-1-3-5-7-9-11-13-15-17-19-21-23/h23H,1-22,24H2. The lowest BCUT2D eigenvalue weighted by Crippen LogP contribution is -2.14. The summed E-state index contributed by atoms with van der Waals surface area (Å²) in [5.41, 5.74) is 5.98. The summed E-state index contributed by atoms with van der Waals surface area (Å²) in [6.45, 7) is 0.917. The van der Waals surface area contributed by atoms with E-state index in [1.54, 1.807) is 0 Å². The van der Waals surface area contributed by atoms with Crippen LogP contribution in [-0.2, 0) is 0 Å². The Kier molecular flexibility index (Phi) is 16.3. The van der Waals surface area contributed by atoms with Crippen molar-refractivity contribution in [3.8, 4) is 0 Å². The Balaban J connectivity index is 2.13. The normalized spacial score (nSPS) is 23.9. The highest BCUT2D eigenvalue weighted by molar-refractivity contribution is 4.61. The van der Waals surface area contributed by atoms with Crippen molar-refractivity contribution < 1.29 is 0 Å². The van der Waals surface area contributed by atoms with Crippen molar-refractivity contribution in [1.82, 2.24) is 0 Å². The average Bonchev–Trinajstić information content (AvgIpc) is 2.60. The smallest absolute Gasteiger partial charge is 0.00489 e. The second-order valence-corrected chi connectivity index (χ2v) is 8.40. The van der Waals surface area contributed by atoms with Crippen LogP contribution < -0.4 is 5.73 Å². The molecule has 1 heteroatoms. The van der Waals surface area contributed by atoms with Gasteiger partial charge >= 0.3 is 0 Å². The molecule has 0 saturated heterocycles. The molecule has 1 aliphatic rings. The second kappa shape index (κ2) is 17.8. The highest BCUT2D eigenvalue weighted by Crippen LogP contribution is 2.19. The van der Waals surface area contributed by atoms with Gasteiger partial charge in [0.05, 0.1) is 0 Å². The zero-order valence-corrected chi connectivity index (χ0v) is 16.7. The van der Waals surface area contributed by atoms with E-state index in [0.717, 1.165) is 12.5 Å². The molecule has 0 spiro atoms. The molecule has 1 aliphatic carbocycles. The molecular weight excluding hydrogens is 290 g/mol. The van der Waals surface area contributed by atoms with Crippen LogP contribution in [-0.4, -0.2) is 6.54 Å². The minimum absolute atomic E-state index is 0.808. The summed E-state index contributed by atoms with van der Waals surface area (Å²) in [4.78, 5) is 0. The quantitative estimate of drug-likeness (QED) is 0.519. The number of rotatable bonds is 1. The van der Waals surface area contributed by atoms with E-state index < -0.39 is 0 Å². The topological polar surface area (TPSA) is 26.0 Å². The molecule has 1 saturated carbocycles. The molecule has 0 amide bonds. The van der Waals surface area contributed by atoms with Crippen LogP contribution in [0.2, 0.25) is 0 Å². The molecule has 1 rings (SSSR count). The monoisotopic (exact) mass is 337 g/mol. The lowest BCUT2D eigenvalue weighted by Gasteiger charge is -2.14. The molecule has 0 aromatic heterocycles. The molecule has 24 heavy (non-hydrogen) atoms. The Morgan fingerprint density at radius 3 is 0.792 bits per heavy atom. The third-order valence-electron chi connectivity index (χ3n) is 6.06. The molecule has 1 nitrogen and oxygen atoms in total. The van der Waals surface area contributed by atoms with Crippen LogP contribution in [0.1, 0.15) is 135 Å². The number of hydrogen-bond acceptors (Lipinski definition) is 1. The highest BCUT2D eigenvalue weighted by atomic mass is 14.5. The molecule has 1 fully saturated rings. The van der Waals surface area contributed by atoms with Gasteiger partial charge in [-0.25, -0.2) is 0 Å². The maximum atomic E-state index is 5.98. The molecular formula is C23H47N. The van der Waals surface area contributed by atoms with Crippen molar-refractivity contribution in [2.45, 2.75) is 135 Å². The molecule has 0 radical (unpaired) electrons. The van der Waals surface area contributed by atoms with Crippen molar-refractivity contribution in [1.29, 1.82) is 0 Å². The molecule has 0 bridgehead atoms. The van der Waals surface area contributed by atoms with Crippen molar-refractivity contribution in [3.63, 3.8) is 0 Å². The van der Waals surface area contributed by atoms with Gasteiger partial charge in [-0.05, 0) is 25.3 Å². The summed E-state index contributed by atoms with van der Waals surface area (Å²) < 4.78 is 0. The van der Waals surface area contributed by atoms with Gasteiger partial charge in [0.2, 0.25) is 0 Å². The van der Waals surface area contributed by atoms with E-state index in [-0.39, 0.29) is 0 Å². The van der Waals surface area contributed by atoms with Gasteiger partial charge in [-0.15, -0.1) is 0 Å². The van der Waals surface area contributed by atoms with Crippen molar-refractivity contribution in [3.05, 3.63) is 0 Å². The summed E-state index contributed by atoms with van der Waals surface area (Å²) in [6, 6.07) is 0. The SMILES string of the molecule is NCC1CCCCCCCCCCCCCCCCCCCCC1. The molecule has 2 N–H and O–H groups in total. The van der Waals surface area contributed by atoms with Crippen molar-refractivity contribution in [2.24, 2.45) is 11.7 Å². The fraction of sp³-hybridized carbons (Fsp3) is 1.00. The van der Waals surface area contributed by atoms with Crippen LogP contribution in [0.5, 0.6) is 0 Å². The predicted octanol–water partition coefficient (Wildman–Crippen LogP) is 7.77. The van der Waals surface area contributed by atoms with Gasteiger partial charge in [0.1, 0.15) is 0 Å². The van der Waals surface area contributed by atoms with Gasteiger partial charge in [0, 0.05) is 0 Å². The number of hydrogen-bond donors (Lipinski definition) is 1. The van der Waals surface area contributed by atoms with Crippen LogP contribution >= 0.6 is 0 Å². The van der Waals surface area contributed by atoms with Gasteiger partial charge in [-0.1, -0.05) is 122 Å². The van der Waals surface area contributed by atoms with Crippen LogP contribution in [0.3, 0.4) is 0 Å². The van der Waals surface area contributed by atoms with E-state index in [1.807, 2.05) is 0 Å². The lowest BCUT2D eigenvalue weighted by molar-refractivity contribution is 0.409. The Morgan fingerprint density at radius 2 is 0.583 bits per heavy atom. The molecule has 0 unspecified atom stereocenters. The fourth-order valence-corrected chi connectivity index (χ4v) is 4.25. The summed E-state index contributed by atoms with van der Waals surface area (Å²) in [5, 5.41) is 0. The highest BCUT2D eigenvalue weighted by Gasteiger charge is 2.06. The fourth-order valence-electron chi connectivity index (χ4n) is 4.25. The Bertz CT molecular complexity index is 216. The minimum Gasteiger partial charge on any atom is -0.330 e. The first-order valence-corrected chi connectivity index (χ1v) is 11.6. The molecule has 0 aromatic rings. The maximum absolute atomic E-state index is 5.98. The Hall–Kier alpha value is -0.0400. The van der Waals surface area contributed by atoms with E-state index in [4.69, 9.17) is 5.73 Å². The molecule has 0 aliphatic heterocycles. The first kappa shape index (κ1) is 22.0.